The third-order valence-electron chi connectivity index (χ3n) is 3.54. The van der Waals surface area contributed by atoms with Gasteiger partial charge in [0.05, 0.1) is 17.6 Å². The molecule has 2 aromatic carbocycles. The van der Waals surface area contributed by atoms with Crippen LogP contribution in [0.5, 0.6) is 5.75 Å². The molecule has 2 N–H and O–H groups in total. The predicted octanol–water partition coefficient (Wildman–Crippen LogP) is 3.40. The van der Waals surface area contributed by atoms with Crippen molar-refractivity contribution in [2.45, 2.75) is 19.9 Å². The second kappa shape index (κ2) is 5.87. The van der Waals surface area contributed by atoms with E-state index in [4.69, 9.17) is 10.5 Å². The molecule has 0 atom stereocenters. The zero-order chi connectivity index (χ0) is 14.7. The van der Waals surface area contributed by atoms with Crippen molar-refractivity contribution in [2.75, 3.05) is 12.3 Å². The normalized spacial score (nSPS) is 10.9. The van der Waals surface area contributed by atoms with Crippen molar-refractivity contribution in [3.8, 4) is 5.75 Å². The molecule has 21 heavy (non-hydrogen) atoms. The monoisotopic (exact) mass is 281 g/mol. The number of ether oxygens (including phenoxy) is 1. The van der Waals surface area contributed by atoms with Crippen LogP contribution in [0, 0.1) is 6.92 Å². The van der Waals surface area contributed by atoms with Crippen LogP contribution in [0.4, 0.5) is 5.95 Å². The highest BCUT2D eigenvalue weighted by molar-refractivity contribution is 5.81. The van der Waals surface area contributed by atoms with Gasteiger partial charge >= 0.3 is 0 Å². The summed E-state index contributed by atoms with van der Waals surface area (Å²) in [6.07, 6.45) is 0.888. The molecular weight excluding hydrogens is 262 g/mol. The van der Waals surface area contributed by atoms with E-state index in [-0.39, 0.29) is 0 Å². The topological polar surface area (TPSA) is 53.1 Å². The Bertz CT molecular complexity index is 734. The molecule has 0 fully saturated rings. The first-order valence-electron chi connectivity index (χ1n) is 7.15. The molecule has 0 unspecified atom stereocenters. The fourth-order valence-corrected chi connectivity index (χ4v) is 2.54. The number of nitrogens with two attached hydrogens (primary N) is 1. The first kappa shape index (κ1) is 13.5. The first-order valence-corrected chi connectivity index (χ1v) is 7.15. The van der Waals surface area contributed by atoms with Crippen LogP contribution in [0.1, 0.15) is 12.0 Å². The van der Waals surface area contributed by atoms with Crippen molar-refractivity contribution in [1.29, 1.82) is 0 Å². The molecule has 0 aliphatic carbocycles. The van der Waals surface area contributed by atoms with Gasteiger partial charge in [0.2, 0.25) is 5.95 Å². The van der Waals surface area contributed by atoms with Crippen molar-refractivity contribution < 1.29 is 4.74 Å². The Labute approximate surface area is 124 Å². The number of imidazole rings is 1. The summed E-state index contributed by atoms with van der Waals surface area (Å²) in [5.74, 6) is 1.47. The maximum Gasteiger partial charge on any atom is 0.201 e. The van der Waals surface area contributed by atoms with Gasteiger partial charge in [-0.2, -0.15) is 0 Å². The van der Waals surface area contributed by atoms with Gasteiger partial charge in [0, 0.05) is 6.54 Å². The summed E-state index contributed by atoms with van der Waals surface area (Å²) < 4.78 is 7.78. The molecule has 0 bridgehead atoms. The molecule has 0 aliphatic rings. The largest absolute Gasteiger partial charge is 0.494 e. The van der Waals surface area contributed by atoms with E-state index in [1.165, 1.54) is 5.56 Å². The maximum atomic E-state index is 6.03. The van der Waals surface area contributed by atoms with Gasteiger partial charge in [0.25, 0.3) is 0 Å². The summed E-state index contributed by atoms with van der Waals surface area (Å²) in [5.41, 5.74) is 9.30. The molecule has 4 heteroatoms. The minimum atomic E-state index is 0.569. The molecule has 0 amide bonds. The lowest BCUT2D eigenvalue weighted by molar-refractivity contribution is 0.303. The zero-order valence-electron chi connectivity index (χ0n) is 12.1. The highest BCUT2D eigenvalue weighted by atomic mass is 16.5. The lowest BCUT2D eigenvalue weighted by atomic mass is 10.2. The van der Waals surface area contributed by atoms with E-state index in [1.807, 2.05) is 42.5 Å². The van der Waals surface area contributed by atoms with Gasteiger partial charge in [-0.05, 0) is 37.1 Å². The predicted molar refractivity (Wildman–Crippen MR) is 85.4 cm³/mol. The number of rotatable bonds is 5. The molecule has 0 spiro atoms. The van der Waals surface area contributed by atoms with Crippen LogP contribution in [0.25, 0.3) is 11.0 Å². The van der Waals surface area contributed by atoms with Crippen LogP contribution in [0.3, 0.4) is 0 Å². The Kier molecular flexibility index (Phi) is 3.77. The number of aromatic nitrogens is 2. The standard InChI is InChI=1S/C17H19N3O/c1-13-7-5-10-15-16(13)20(17(18)19-15)11-6-12-21-14-8-3-2-4-9-14/h2-5,7-10H,6,11-12H2,1H3,(H2,18,19). The third kappa shape index (κ3) is 2.84. The Morgan fingerprint density at radius 1 is 1.10 bits per heavy atom. The summed E-state index contributed by atoms with van der Waals surface area (Å²) >= 11 is 0. The summed E-state index contributed by atoms with van der Waals surface area (Å²) in [5, 5.41) is 0. The van der Waals surface area contributed by atoms with Crippen molar-refractivity contribution in [2.24, 2.45) is 0 Å². The van der Waals surface area contributed by atoms with Crippen molar-refractivity contribution in [3.05, 3.63) is 54.1 Å². The molecule has 3 rings (SSSR count). The van der Waals surface area contributed by atoms with Crippen LogP contribution in [0.2, 0.25) is 0 Å². The van der Waals surface area contributed by atoms with Gasteiger partial charge in [-0.25, -0.2) is 4.98 Å². The SMILES string of the molecule is Cc1cccc2nc(N)n(CCCOc3ccccc3)c12. The lowest BCUT2D eigenvalue weighted by Crippen LogP contribution is -2.08. The average molecular weight is 281 g/mol. The summed E-state index contributed by atoms with van der Waals surface area (Å²) in [4.78, 5) is 4.41. The van der Waals surface area contributed by atoms with Crippen LogP contribution < -0.4 is 10.5 Å². The smallest absolute Gasteiger partial charge is 0.201 e. The van der Waals surface area contributed by atoms with E-state index in [0.29, 0.717) is 12.6 Å². The molecule has 0 aliphatic heterocycles. The van der Waals surface area contributed by atoms with E-state index in [9.17, 15) is 0 Å². The fraction of sp³-hybridized carbons (Fsp3) is 0.235. The van der Waals surface area contributed by atoms with Crippen molar-refractivity contribution >= 4 is 17.0 Å². The van der Waals surface area contributed by atoms with Gasteiger partial charge in [-0.1, -0.05) is 30.3 Å². The molecule has 1 aromatic heterocycles. The molecule has 1 heterocycles. The molecule has 0 saturated heterocycles. The quantitative estimate of drug-likeness (QED) is 0.729. The molecule has 108 valence electrons. The van der Waals surface area contributed by atoms with Gasteiger partial charge < -0.3 is 15.0 Å². The Hall–Kier alpha value is -2.49. The summed E-state index contributed by atoms with van der Waals surface area (Å²) in [7, 11) is 0. The van der Waals surface area contributed by atoms with E-state index >= 15 is 0 Å². The van der Waals surface area contributed by atoms with Crippen LogP contribution in [-0.2, 0) is 6.54 Å². The number of nitrogens with zero attached hydrogens (tertiary/aromatic N) is 2. The number of fused-ring (bicyclic) bond motifs is 1. The van der Waals surface area contributed by atoms with Crippen LogP contribution in [-0.4, -0.2) is 16.2 Å². The molecule has 0 radical (unpaired) electrons. The number of hydrogen-bond acceptors (Lipinski definition) is 3. The van der Waals surface area contributed by atoms with Crippen LogP contribution >= 0.6 is 0 Å². The number of aryl methyl sites for hydroxylation is 2. The number of hydrogen-bond donors (Lipinski definition) is 1. The second-order valence-electron chi connectivity index (χ2n) is 5.08. The van der Waals surface area contributed by atoms with E-state index in [2.05, 4.69) is 22.5 Å². The lowest BCUT2D eigenvalue weighted by Gasteiger charge is -2.09. The van der Waals surface area contributed by atoms with Crippen molar-refractivity contribution in [1.82, 2.24) is 9.55 Å². The Balaban J connectivity index is 1.67. The highest BCUT2D eigenvalue weighted by Crippen LogP contribution is 2.21. The molecule has 3 aromatic rings. The third-order valence-corrected chi connectivity index (χ3v) is 3.54. The van der Waals surface area contributed by atoms with E-state index in [0.717, 1.165) is 29.7 Å². The fourth-order valence-electron chi connectivity index (χ4n) is 2.54. The van der Waals surface area contributed by atoms with Gasteiger partial charge in [0.15, 0.2) is 0 Å². The number of benzene rings is 2. The van der Waals surface area contributed by atoms with E-state index in [1.54, 1.807) is 0 Å². The van der Waals surface area contributed by atoms with Gasteiger partial charge in [0.1, 0.15) is 5.75 Å². The Morgan fingerprint density at radius 3 is 2.71 bits per heavy atom. The number of para-hydroxylation sites is 2. The summed E-state index contributed by atoms with van der Waals surface area (Å²) in [6.45, 7) is 3.55. The van der Waals surface area contributed by atoms with Crippen molar-refractivity contribution in [3.63, 3.8) is 0 Å². The summed E-state index contributed by atoms with van der Waals surface area (Å²) in [6, 6.07) is 15.9. The van der Waals surface area contributed by atoms with Crippen LogP contribution in [0.15, 0.2) is 48.5 Å². The Morgan fingerprint density at radius 2 is 1.90 bits per heavy atom. The highest BCUT2D eigenvalue weighted by Gasteiger charge is 2.09. The van der Waals surface area contributed by atoms with E-state index < -0.39 is 0 Å². The minimum Gasteiger partial charge on any atom is -0.494 e. The second-order valence-corrected chi connectivity index (χ2v) is 5.08. The number of anilines is 1. The average Bonchev–Trinajstić information content (AvgIpc) is 2.82. The minimum absolute atomic E-state index is 0.569. The van der Waals surface area contributed by atoms with Gasteiger partial charge in [-0.3, -0.25) is 0 Å². The first-order chi connectivity index (χ1) is 10.3. The zero-order valence-corrected chi connectivity index (χ0v) is 12.1. The maximum absolute atomic E-state index is 6.03. The molecular formula is C17H19N3O. The number of nitrogen functional groups attached to an aromatic ring is 1. The van der Waals surface area contributed by atoms with Gasteiger partial charge in [-0.15, -0.1) is 0 Å². The molecule has 4 nitrogen and oxygen atoms in total. The molecule has 0 saturated carbocycles.